The zero-order chi connectivity index (χ0) is 13.2. The van der Waals surface area contributed by atoms with Gasteiger partial charge >= 0.3 is 0 Å². The summed E-state index contributed by atoms with van der Waals surface area (Å²) < 4.78 is 1.19. The lowest BCUT2D eigenvalue weighted by molar-refractivity contribution is 1.39. The van der Waals surface area contributed by atoms with Crippen molar-refractivity contribution in [3.8, 4) is 0 Å². The van der Waals surface area contributed by atoms with Crippen LogP contribution < -0.4 is 5.73 Å². The van der Waals surface area contributed by atoms with Gasteiger partial charge in [-0.2, -0.15) is 0 Å². The topological polar surface area (TPSA) is 26.0 Å². The van der Waals surface area contributed by atoms with Crippen LogP contribution in [0.1, 0.15) is 5.56 Å². The molecule has 0 spiro atoms. The molecule has 1 aromatic heterocycles. The number of thioether (sulfide) groups is 1. The number of rotatable bonds is 3. The molecule has 2 N–H and O–H groups in total. The van der Waals surface area contributed by atoms with E-state index in [2.05, 4.69) is 30.3 Å². The Bertz CT molecular complexity index is 707. The van der Waals surface area contributed by atoms with E-state index in [1.807, 2.05) is 17.5 Å². The van der Waals surface area contributed by atoms with Crippen molar-refractivity contribution in [3.63, 3.8) is 0 Å². The summed E-state index contributed by atoms with van der Waals surface area (Å²) in [5.41, 5.74) is 8.10. The molecule has 0 aliphatic carbocycles. The van der Waals surface area contributed by atoms with Crippen molar-refractivity contribution in [2.45, 2.75) is 10.6 Å². The predicted octanol–water partition coefficient (Wildman–Crippen LogP) is 5.43. The first-order valence-electron chi connectivity index (χ1n) is 5.87. The molecule has 0 saturated heterocycles. The highest BCUT2D eigenvalue weighted by atomic mass is 35.5. The Morgan fingerprint density at radius 1 is 1.16 bits per heavy atom. The third kappa shape index (κ3) is 2.59. The van der Waals surface area contributed by atoms with Crippen molar-refractivity contribution in [3.05, 3.63) is 58.4 Å². The molecule has 19 heavy (non-hydrogen) atoms. The van der Waals surface area contributed by atoms with Crippen molar-refractivity contribution in [2.75, 3.05) is 5.73 Å². The van der Waals surface area contributed by atoms with Crippen molar-refractivity contribution >= 4 is 50.5 Å². The summed E-state index contributed by atoms with van der Waals surface area (Å²) in [6.45, 7) is 0. The second kappa shape index (κ2) is 5.45. The Hall–Kier alpha value is -1.16. The van der Waals surface area contributed by atoms with E-state index in [9.17, 15) is 0 Å². The third-order valence-electron chi connectivity index (χ3n) is 2.93. The molecule has 3 rings (SSSR count). The Morgan fingerprint density at radius 3 is 2.74 bits per heavy atom. The molecule has 0 fully saturated rings. The highest BCUT2D eigenvalue weighted by molar-refractivity contribution is 7.98. The lowest BCUT2D eigenvalue weighted by atomic mass is 10.2. The number of hydrogen-bond acceptors (Lipinski definition) is 3. The number of benzene rings is 2. The Balaban J connectivity index is 1.90. The highest BCUT2D eigenvalue weighted by Gasteiger charge is 2.10. The molecule has 0 amide bonds. The minimum absolute atomic E-state index is 0.675. The Labute approximate surface area is 125 Å². The third-order valence-corrected chi connectivity index (χ3v) is 5.33. The minimum Gasteiger partial charge on any atom is -0.397 e. The fourth-order valence-electron chi connectivity index (χ4n) is 1.92. The van der Waals surface area contributed by atoms with Gasteiger partial charge in [0.05, 0.1) is 10.7 Å². The van der Waals surface area contributed by atoms with Crippen LogP contribution in [-0.2, 0) is 5.75 Å². The summed E-state index contributed by atoms with van der Waals surface area (Å²) in [7, 11) is 0. The molecule has 0 aliphatic heterocycles. The van der Waals surface area contributed by atoms with Crippen molar-refractivity contribution in [1.82, 2.24) is 0 Å². The maximum atomic E-state index is 6.32. The molecule has 0 bridgehead atoms. The van der Waals surface area contributed by atoms with Gasteiger partial charge < -0.3 is 5.73 Å². The fourth-order valence-corrected chi connectivity index (χ4v) is 4.18. The summed E-state index contributed by atoms with van der Waals surface area (Å²) in [5, 5.41) is 3.77. The van der Waals surface area contributed by atoms with E-state index >= 15 is 0 Å². The van der Waals surface area contributed by atoms with Crippen LogP contribution >= 0.6 is 34.7 Å². The summed E-state index contributed by atoms with van der Waals surface area (Å²) in [6.07, 6.45) is 0. The lowest BCUT2D eigenvalue weighted by Crippen LogP contribution is -1.91. The smallest absolute Gasteiger partial charge is 0.0733 e. The predicted molar refractivity (Wildman–Crippen MR) is 87.3 cm³/mol. The zero-order valence-corrected chi connectivity index (χ0v) is 12.5. The van der Waals surface area contributed by atoms with Crippen LogP contribution in [0.4, 0.5) is 5.69 Å². The van der Waals surface area contributed by atoms with E-state index in [0.29, 0.717) is 10.7 Å². The number of anilines is 1. The standard InChI is InChI=1S/C15H12ClNS2/c16-14-11-6-7-18-12(11)8-13(15(14)17)19-9-10-4-2-1-3-5-10/h1-8H,9,17H2. The lowest BCUT2D eigenvalue weighted by Gasteiger charge is -2.08. The highest BCUT2D eigenvalue weighted by Crippen LogP contribution is 2.40. The minimum atomic E-state index is 0.675. The van der Waals surface area contributed by atoms with Gasteiger partial charge in [-0.3, -0.25) is 0 Å². The molecule has 96 valence electrons. The molecular weight excluding hydrogens is 294 g/mol. The molecule has 0 radical (unpaired) electrons. The van der Waals surface area contributed by atoms with Crippen LogP contribution in [0.15, 0.2) is 52.7 Å². The quantitative estimate of drug-likeness (QED) is 0.516. The van der Waals surface area contributed by atoms with Gasteiger partial charge in [0.25, 0.3) is 0 Å². The molecule has 2 aromatic carbocycles. The van der Waals surface area contributed by atoms with Gasteiger partial charge in [0.15, 0.2) is 0 Å². The molecule has 0 saturated carbocycles. The van der Waals surface area contributed by atoms with Crippen LogP contribution in [0.2, 0.25) is 5.02 Å². The summed E-state index contributed by atoms with van der Waals surface area (Å²) >= 11 is 9.75. The van der Waals surface area contributed by atoms with Crippen LogP contribution in [0, 0.1) is 0 Å². The van der Waals surface area contributed by atoms with Crippen molar-refractivity contribution < 1.29 is 0 Å². The van der Waals surface area contributed by atoms with E-state index in [4.69, 9.17) is 17.3 Å². The maximum Gasteiger partial charge on any atom is 0.0733 e. The normalized spacial score (nSPS) is 11.0. The van der Waals surface area contributed by atoms with Gasteiger partial charge in [0.2, 0.25) is 0 Å². The van der Waals surface area contributed by atoms with Gasteiger partial charge in [0.1, 0.15) is 0 Å². The molecule has 4 heteroatoms. The second-order valence-electron chi connectivity index (χ2n) is 4.21. The van der Waals surface area contributed by atoms with Crippen LogP contribution in [-0.4, -0.2) is 0 Å². The molecule has 0 unspecified atom stereocenters. The van der Waals surface area contributed by atoms with Gasteiger partial charge in [0, 0.05) is 20.7 Å². The van der Waals surface area contributed by atoms with Crippen LogP contribution in [0.25, 0.3) is 10.1 Å². The molecule has 1 nitrogen and oxygen atoms in total. The van der Waals surface area contributed by atoms with E-state index in [-0.39, 0.29) is 0 Å². The van der Waals surface area contributed by atoms with E-state index in [1.54, 1.807) is 23.1 Å². The first-order valence-corrected chi connectivity index (χ1v) is 8.12. The average molecular weight is 306 g/mol. The fraction of sp³-hybridized carbons (Fsp3) is 0.0667. The number of halogens is 1. The Kier molecular flexibility index (Phi) is 3.69. The molecule has 0 atom stereocenters. The number of thiophene rings is 1. The zero-order valence-electron chi connectivity index (χ0n) is 10.1. The monoisotopic (exact) mass is 305 g/mol. The largest absolute Gasteiger partial charge is 0.397 e. The van der Waals surface area contributed by atoms with Crippen molar-refractivity contribution in [2.24, 2.45) is 0 Å². The summed E-state index contributed by atoms with van der Waals surface area (Å²) in [5.74, 6) is 0.901. The van der Waals surface area contributed by atoms with Gasteiger partial charge in [-0.05, 0) is 23.1 Å². The summed E-state index contributed by atoms with van der Waals surface area (Å²) in [4.78, 5) is 1.06. The summed E-state index contributed by atoms with van der Waals surface area (Å²) in [6, 6.07) is 14.5. The SMILES string of the molecule is Nc1c(SCc2ccccc2)cc2sccc2c1Cl. The van der Waals surface area contributed by atoms with Crippen LogP contribution in [0.5, 0.6) is 0 Å². The van der Waals surface area contributed by atoms with E-state index in [1.165, 1.54) is 10.3 Å². The second-order valence-corrected chi connectivity index (χ2v) is 6.55. The first-order chi connectivity index (χ1) is 9.25. The maximum absolute atomic E-state index is 6.32. The molecular formula is C15H12ClNS2. The molecule has 1 heterocycles. The average Bonchev–Trinajstić information content (AvgIpc) is 2.91. The van der Waals surface area contributed by atoms with Crippen LogP contribution in [0.3, 0.4) is 0 Å². The number of nitrogens with two attached hydrogens (primary N) is 1. The van der Waals surface area contributed by atoms with Gasteiger partial charge in [-0.15, -0.1) is 23.1 Å². The molecule has 3 aromatic rings. The number of hydrogen-bond donors (Lipinski definition) is 1. The van der Waals surface area contributed by atoms with E-state index < -0.39 is 0 Å². The Morgan fingerprint density at radius 2 is 1.95 bits per heavy atom. The number of fused-ring (bicyclic) bond motifs is 1. The number of nitrogen functional groups attached to an aromatic ring is 1. The van der Waals surface area contributed by atoms with Gasteiger partial charge in [-0.25, -0.2) is 0 Å². The van der Waals surface area contributed by atoms with Crippen molar-refractivity contribution in [1.29, 1.82) is 0 Å². The first kappa shape index (κ1) is 12.9. The van der Waals surface area contributed by atoms with Gasteiger partial charge in [-0.1, -0.05) is 41.9 Å². The molecule has 0 aliphatic rings. The van der Waals surface area contributed by atoms with E-state index in [0.717, 1.165) is 16.0 Å².